The van der Waals surface area contributed by atoms with Crippen LogP contribution in [0.3, 0.4) is 0 Å². The summed E-state index contributed by atoms with van der Waals surface area (Å²) in [6, 6.07) is 6.16. The molecule has 0 aliphatic carbocycles. The Balaban J connectivity index is 2.85. The minimum atomic E-state index is -0.520. The summed E-state index contributed by atoms with van der Waals surface area (Å²) in [5.41, 5.74) is 0.589. The van der Waals surface area contributed by atoms with Gasteiger partial charge in [0.25, 0.3) is 0 Å². The Bertz CT molecular complexity index is 445. The van der Waals surface area contributed by atoms with Crippen molar-refractivity contribution in [3.63, 3.8) is 0 Å². The maximum atomic E-state index is 11.6. The fraction of sp³-hybridized carbons (Fsp3) is 0.143. The Hall–Kier alpha value is -2.36. The predicted molar refractivity (Wildman–Crippen MR) is 66.9 cm³/mol. The third-order valence-electron chi connectivity index (χ3n) is 1.96. The van der Waals surface area contributed by atoms with E-state index in [-0.39, 0.29) is 0 Å². The molecular formula is C14H14O4. The van der Waals surface area contributed by atoms with Gasteiger partial charge in [0.05, 0.1) is 23.7 Å². The molecule has 0 bridgehead atoms. The number of rotatable bonds is 4. The number of esters is 2. The van der Waals surface area contributed by atoms with E-state index < -0.39 is 11.9 Å². The van der Waals surface area contributed by atoms with Crippen LogP contribution >= 0.6 is 0 Å². The van der Waals surface area contributed by atoms with Gasteiger partial charge >= 0.3 is 11.9 Å². The molecule has 0 amide bonds. The third kappa shape index (κ3) is 3.90. The van der Waals surface area contributed by atoms with Gasteiger partial charge in [-0.05, 0) is 32.0 Å². The zero-order chi connectivity index (χ0) is 13.4. The van der Waals surface area contributed by atoms with Crippen molar-refractivity contribution in [3.05, 3.63) is 60.1 Å². The van der Waals surface area contributed by atoms with Crippen LogP contribution in [0.15, 0.2) is 48.9 Å². The van der Waals surface area contributed by atoms with Gasteiger partial charge in [0.15, 0.2) is 0 Å². The molecule has 0 N–H and O–H groups in total. The molecular weight excluding hydrogens is 232 g/mol. The molecule has 1 aromatic carbocycles. The summed E-state index contributed by atoms with van der Waals surface area (Å²) in [7, 11) is 0. The number of allylic oxidation sites excluding steroid dienone is 2. The largest absolute Gasteiger partial charge is 0.431 e. The summed E-state index contributed by atoms with van der Waals surface area (Å²) in [6.45, 7) is 3.47. The van der Waals surface area contributed by atoms with E-state index in [1.807, 2.05) is 0 Å². The highest BCUT2D eigenvalue weighted by molar-refractivity contribution is 5.95. The molecule has 0 saturated heterocycles. The maximum absolute atomic E-state index is 11.6. The molecule has 0 fully saturated rings. The van der Waals surface area contributed by atoms with Gasteiger partial charge in [-0.2, -0.15) is 0 Å². The van der Waals surface area contributed by atoms with Gasteiger partial charge in [-0.3, -0.25) is 0 Å². The standard InChI is InChI=1S/C14H14O4/c1-3-8-17-13(15)11-6-5-7-12(10-11)14(16)18-9-4-2/h3-10H,1-2H3. The zero-order valence-electron chi connectivity index (χ0n) is 10.3. The number of carbonyl (C=O) groups excluding carboxylic acids is 2. The highest BCUT2D eigenvalue weighted by Crippen LogP contribution is 2.08. The molecule has 1 aromatic rings. The van der Waals surface area contributed by atoms with Gasteiger partial charge in [0, 0.05) is 0 Å². The maximum Gasteiger partial charge on any atom is 0.342 e. The fourth-order valence-electron chi connectivity index (χ4n) is 1.17. The van der Waals surface area contributed by atoms with Crippen molar-refractivity contribution < 1.29 is 19.1 Å². The second kappa shape index (κ2) is 7.06. The van der Waals surface area contributed by atoms with Crippen LogP contribution in [-0.2, 0) is 9.47 Å². The van der Waals surface area contributed by atoms with E-state index in [2.05, 4.69) is 0 Å². The Morgan fingerprint density at radius 3 is 1.78 bits per heavy atom. The first-order chi connectivity index (χ1) is 8.69. The van der Waals surface area contributed by atoms with E-state index in [9.17, 15) is 9.59 Å². The van der Waals surface area contributed by atoms with Crippen molar-refractivity contribution in [3.8, 4) is 0 Å². The predicted octanol–water partition coefficient (Wildman–Crippen LogP) is 3.07. The van der Waals surface area contributed by atoms with Crippen LogP contribution in [0.2, 0.25) is 0 Å². The van der Waals surface area contributed by atoms with E-state index in [0.29, 0.717) is 11.1 Å². The lowest BCUT2D eigenvalue weighted by Crippen LogP contribution is -2.05. The highest BCUT2D eigenvalue weighted by Gasteiger charge is 2.11. The summed E-state index contributed by atoms with van der Waals surface area (Å²) in [6.07, 6.45) is 5.77. The molecule has 94 valence electrons. The number of hydrogen-bond donors (Lipinski definition) is 0. The average molecular weight is 246 g/mol. The minimum Gasteiger partial charge on any atom is -0.431 e. The second-order valence-electron chi connectivity index (χ2n) is 3.33. The number of benzene rings is 1. The SMILES string of the molecule is CC=COC(=O)c1cccc(C(=O)OC=CC)c1. The van der Waals surface area contributed by atoms with Gasteiger partial charge in [-0.1, -0.05) is 18.2 Å². The Morgan fingerprint density at radius 1 is 0.944 bits per heavy atom. The Kier molecular flexibility index (Phi) is 5.38. The first-order valence-corrected chi connectivity index (χ1v) is 5.43. The molecule has 4 nitrogen and oxygen atoms in total. The third-order valence-corrected chi connectivity index (χ3v) is 1.96. The van der Waals surface area contributed by atoms with Gasteiger partial charge in [0.1, 0.15) is 0 Å². The Morgan fingerprint density at radius 2 is 1.39 bits per heavy atom. The van der Waals surface area contributed by atoms with E-state index in [1.54, 1.807) is 44.2 Å². The van der Waals surface area contributed by atoms with E-state index in [1.165, 1.54) is 18.6 Å². The molecule has 18 heavy (non-hydrogen) atoms. The molecule has 0 spiro atoms. The monoisotopic (exact) mass is 246 g/mol. The Labute approximate surface area is 106 Å². The van der Waals surface area contributed by atoms with Crippen molar-refractivity contribution in [2.45, 2.75) is 13.8 Å². The van der Waals surface area contributed by atoms with Crippen LogP contribution in [-0.4, -0.2) is 11.9 Å². The van der Waals surface area contributed by atoms with Crippen molar-refractivity contribution >= 4 is 11.9 Å². The molecule has 0 aliphatic heterocycles. The number of carbonyl (C=O) groups is 2. The van der Waals surface area contributed by atoms with Gasteiger partial charge in [-0.25, -0.2) is 9.59 Å². The van der Waals surface area contributed by atoms with E-state index in [4.69, 9.17) is 9.47 Å². The first-order valence-electron chi connectivity index (χ1n) is 5.43. The minimum absolute atomic E-state index is 0.294. The van der Waals surface area contributed by atoms with Gasteiger partial charge < -0.3 is 9.47 Å². The summed E-state index contributed by atoms with van der Waals surface area (Å²) in [5, 5.41) is 0. The van der Waals surface area contributed by atoms with Crippen LogP contribution in [0.5, 0.6) is 0 Å². The van der Waals surface area contributed by atoms with Crippen LogP contribution < -0.4 is 0 Å². The number of hydrogen-bond acceptors (Lipinski definition) is 4. The molecule has 0 atom stereocenters. The summed E-state index contributed by atoms with van der Waals surface area (Å²) in [4.78, 5) is 23.1. The van der Waals surface area contributed by atoms with E-state index >= 15 is 0 Å². The smallest absolute Gasteiger partial charge is 0.342 e. The number of ether oxygens (including phenoxy) is 2. The van der Waals surface area contributed by atoms with E-state index in [0.717, 1.165) is 0 Å². The summed E-state index contributed by atoms with van der Waals surface area (Å²) in [5.74, 6) is -1.04. The lowest BCUT2D eigenvalue weighted by Gasteiger charge is -2.02. The molecule has 1 rings (SSSR count). The molecule has 0 aromatic heterocycles. The van der Waals surface area contributed by atoms with Crippen molar-refractivity contribution in [2.24, 2.45) is 0 Å². The molecule has 0 saturated carbocycles. The molecule has 0 unspecified atom stereocenters. The topological polar surface area (TPSA) is 52.6 Å². The molecule has 0 heterocycles. The molecule has 0 aliphatic rings. The van der Waals surface area contributed by atoms with Crippen LogP contribution in [0.1, 0.15) is 34.6 Å². The quantitative estimate of drug-likeness (QED) is 0.605. The summed E-state index contributed by atoms with van der Waals surface area (Å²) >= 11 is 0. The second-order valence-corrected chi connectivity index (χ2v) is 3.33. The van der Waals surface area contributed by atoms with Crippen LogP contribution in [0.25, 0.3) is 0 Å². The first kappa shape index (κ1) is 13.7. The zero-order valence-corrected chi connectivity index (χ0v) is 10.3. The van der Waals surface area contributed by atoms with Gasteiger partial charge in [0.2, 0.25) is 0 Å². The lowest BCUT2D eigenvalue weighted by atomic mass is 10.1. The highest BCUT2D eigenvalue weighted by atomic mass is 16.5. The van der Waals surface area contributed by atoms with Crippen LogP contribution in [0, 0.1) is 0 Å². The molecule has 4 heteroatoms. The van der Waals surface area contributed by atoms with Crippen molar-refractivity contribution in [2.75, 3.05) is 0 Å². The lowest BCUT2D eigenvalue weighted by molar-refractivity contribution is 0.0662. The van der Waals surface area contributed by atoms with Crippen molar-refractivity contribution in [1.29, 1.82) is 0 Å². The van der Waals surface area contributed by atoms with Crippen molar-refractivity contribution in [1.82, 2.24) is 0 Å². The van der Waals surface area contributed by atoms with Gasteiger partial charge in [-0.15, -0.1) is 0 Å². The average Bonchev–Trinajstić information content (AvgIpc) is 2.42. The molecule has 0 radical (unpaired) electrons. The summed E-state index contributed by atoms with van der Waals surface area (Å²) < 4.78 is 9.62. The fourth-order valence-corrected chi connectivity index (χ4v) is 1.17. The van der Waals surface area contributed by atoms with Crippen LogP contribution in [0.4, 0.5) is 0 Å². The normalized spacial score (nSPS) is 10.8.